The van der Waals surface area contributed by atoms with Crippen molar-refractivity contribution in [1.82, 2.24) is 0 Å². The monoisotopic (exact) mass is 252 g/mol. The molecule has 1 aromatic rings. The minimum absolute atomic E-state index is 0.0851. The lowest BCUT2D eigenvalue weighted by atomic mass is 9.91. The molecule has 0 spiro atoms. The number of rotatable bonds is 3. The van der Waals surface area contributed by atoms with Crippen molar-refractivity contribution < 1.29 is 9.50 Å². The van der Waals surface area contributed by atoms with Crippen molar-refractivity contribution in [2.75, 3.05) is 11.9 Å². The molecule has 0 aliphatic heterocycles. The van der Waals surface area contributed by atoms with E-state index >= 15 is 0 Å². The number of hydrogen-bond acceptors (Lipinski definition) is 3. The van der Waals surface area contributed by atoms with Crippen LogP contribution in [0.5, 0.6) is 0 Å². The molecule has 1 saturated carbocycles. The maximum absolute atomic E-state index is 13.7. The first-order chi connectivity index (χ1) is 8.63. The lowest BCUT2D eigenvalue weighted by molar-refractivity contribution is 0.106. The van der Waals surface area contributed by atoms with Gasteiger partial charge in [0.05, 0.1) is 12.1 Å². The van der Waals surface area contributed by atoms with E-state index in [1.54, 1.807) is 6.07 Å². The van der Waals surface area contributed by atoms with Crippen LogP contribution in [0.4, 0.5) is 10.1 Å². The lowest BCUT2D eigenvalue weighted by Crippen LogP contribution is -2.43. The molecule has 2 unspecified atom stereocenters. The zero-order chi connectivity index (χ0) is 13.1. The van der Waals surface area contributed by atoms with E-state index in [1.165, 1.54) is 6.07 Å². The number of aliphatic hydroxyl groups is 1. The average molecular weight is 252 g/mol. The summed E-state index contributed by atoms with van der Waals surface area (Å²) >= 11 is 0. The Bertz CT molecular complexity index is 411. The van der Waals surface area contributed by atoms with Gasteiger partial charge in [-0.3, -0.25) is 0 Å². The molecule has 1 aromatic carbocycles. The quantitative estimate of drug-likeness (QED) is 0.865. The highest BCUT2D eigenvalue weighted by Crippen LogP contribution is 2.27. The molecule has 0 aromatic heterocycles. The van der Waals surface area contributed by atoms with Gasteiger partial charge in [0, 0.05) is 24.8 Å². The summed E-state index contributed by atoms with van der Waals surface area (Å²) in [5.41, 5.74) is 6.77. The van der Waals surface area contributed by atoms with Crippen molar-refractivity contribution in [2.24, 2.45) is 5.73 Å². The summed E-state index contributed by atoms with van der Waals surface area (Å²) in [7, 11) is 1.91. The molecular formula is C14H21FN2O. The molecule has 0 radical (unpaired) electrons. The molecule has 100 valence electrons. The Morgan fingerprint density at radius 2 is 2.11 bits per heavy atom. The zero-order valence-corrected chi connectivity index (χ0v) is 10.8. The number of anilines is 1. The Morgan fingerprint density at radius 1 is 1.39 bits per heavy atom. The molecule has 1 fully saturated rings. The normalized spacial score (nSPS) is 24.0. The molecule has 18 heavy (non-hydrogen) atoms. The van der Waals surface area contributed by atoms with Crippen molar-refractivity contribution in [2.45, 2.75) is 44.4 Å². The van der Waals surface area contributed by atoms with E-state index in [1.807, 2.05) is 18.0 Å². The van der Waals surface area contributed by atoms with Gasteiger partial charge in [0.1, 0.15) is 5.82 Å². The Kier molecular flexibility index (Phi) is 4.19. The van der Waals surface area contributed by atoms with E-state index in [-0.39, 0.29) is 24.5 Å². The fourth-order valence-corrected chi connectivity index (χ4v) is 2.66. The van der Waals surface area contributed by atoms with Crippen LogP contribution in [0.1, 0.15) is 31.2 Å². The van der Waals surface area contributed by atoms with Crippen molar-refractivity contribution in [1.29, 1.82) is 0 Å². The summed E-state index contributed by atoms with van der Waals surface area (Å²) < 4.78 is 13.7. The molecular weight excluding hydrogens is 231 g/mol. The van der Waals surface area contributed by atoms with Gasteiger partial charge in [-0.15, -0.1) is 0 Å². The van der Waals surface area contributed by atoms with Gasteiger partial charge < -0.3 is 15.7 Å². The van der Waals surface area contributed by atoms with Crippen LogP contribution in [-0.4, -0.2) is 24.3 Å². The van der Waals surface area contributed by atoms with Crippen LogP contribution in [0.2, 0.25) is 0 Å². The van der Waals surface area contributed by atoms with Gasteiger partial charge in [0.2, 0.25) is 0 Å². The van der Waals surface area contributed by atoms with Gasteiger partial charge in [-0.05, 0) is 25.0 Å². The van der Waals surface area contributed by atoms with Crippen molar-refractivity contribution >= 4 is 5.69 Å². The summed E-state index contributed by atoms with van der Waals surface area (Å²) in [5.74, 6) is -0.271. The van der Waals surface area contributed by atoms with Gasteiger partial charge in [0.15, 0.2) is 0 Å². The van der Waals surface area contributed by atoms with E-state index in [0.29, 0.717) is 5.56 Å². The third-order valence-corrected chi connectivity index (χ3v) is 3.86. The van der Waals surface area contributed by atoms with Gasteiger partial charge in [0.25, 0.3) is 0 Å². The van der Waals surface area contributed by atoms with Crippen LogP contribution >= 0.6 is 0 Å². The Hall–Kier alpha value is -1.13. The van der Waals surface area contributed by atoms with Crippen LogP contribution in [0.25, 0.3) is 0 Å². The summed E-state index contributed by atoms with van der Waals surface area (Å²) in [6.07, 6.45) is 3.67. The van der Waals surface area contributed by atoms with E-state index < -0.39 is 0 Å². The van der Waals surface area contributed by atoms with Gasteiger partial charge >= 0.3 is 0 Å². The Labute approximate surface area is 107 Å². The first-order valence-corrected chi connectivity index (χ1v) is 6.53. The van der Waals surface area contributed by atoms with E-state index in [4.69, 9.17) is 5.73 Å². The van der Waals surface area contributed by atoms with Crippen LogP contribution in [0, 0.1) is 5.82 Å². The number of nitrogens with zero attached hydrogens (tertiary/aromatic N) is 1. The predicted octanol–water partition coefficient (Wildman–Crippen LogP) is 2.02. The third-order valence-electron chi connectivity index (χ3n) is 3.86. The number of aliphatic hydroxyl groups excluding tert-OH is 1. The molecule has 0 heterocycles. The maximum atomic E-state index is 13.7. The van der Waals surface area contributed by atoms with Crippen molar-refractivity contribution in [3.8, 4) is 0 Å². The van der Waals surface area contributed by atoms with E-state index in [0.717, 1.165) is 31.4 Å². The molecule has 3 nitrogen and oxygen atoms in total. The SMILES string of the molecule is CN(c1ccc(CN)c(F)c1)C1CCCCC1O. The molecule has 0 saturated heterocycles. The van der Waals surface area contributed by atoms with Crippen molar-refractivity contribution in [3.63, 3.8) is 0 Å². The minimum atomic E-state index is -0.319. The topological polar surface area (TPSA) is 49.5 Å². The second kappa shape index (κ2) is 5.67. The number of hydrogen-bond donors (Lipinski definition) is 2. The molecule has 4 heteroatoms. The molecule has 2 rings (SSSR count). The van der Waals surface area contributed by atoms with Gasteiger partial charge in [-0.25, -0.2) is 4.39 Å². The van der Waals surface area contributed by atoms with Crippen LogP contribution in [0.3, 0.4) is 0 Å². The highest BCUT2D eigenvalue weighted by atomic mass is 19.1. The standard InChI is InChI=1S/C14H21FN2O/c1-17(13-4-2-3-5-14(13)18)11-7-6-10(9-16)12(15)8-11/h6-8,13-14,18H,2-5,9,16H2,1H3. The second-order valence-corrected chi connectivity index (χ2v) is 5.01. The largest absolute Gasteiger partial charge is 0.391 e. The van der Waals surface area contributed by atoms with Crippen LogP contribution in [-0.2, 0) is 6.54 Å². The third kappa shape index (κ3) is 2.65. The summed E-state index contributed by atoms with van der Waals surface area (Å²) in [4.78, 5) is 1.98. The number of benzene rings is 1. The summed E-state index contributed by atoms with van der Waals surface area (Å²) in [6, 6.07) is 5.17. The summed E-state index contributed by atoms with van der Waals surface area (Å²) in [6.45, 7) is 0.210. The molecule has 0 amide bonds. The number of halogens is 1. The van der Waals surface area contributed by atoms with Crippen LogP contribution < -0.4 is 10.6 Å². The summed E-state index contributed by atoms with van der Waals surface area (Å²) in [5, 5.41) is 10.0. The number of likely N-dealkylation sites (N-methyl/N-ethyl adjacent to an activating group) is 1. The van der Waals surface area contributed by atoms with E-state index in [2.05, 4.69) is 0 Å². The smallest absolute Gasteiger partial charge is 0.129 e. The van der Waals surface area contributed by atoms with Crippen molar-refractivity contribution in [3.05, 3.63) is 29.6 Å². The Morgan fingerprint density at radius 3 is 2.72 bits per heavy atom. The molecule has 3 N–H and O–H groups in total. The minimum Gasteiger partial charge on any atom is -0.391 e. The van der Waals surface area contributed by atoms with Gasteiger partial charge in [-0.1, -0.05) is 18.9 Å². The highest BCUT2D eigenvalue weighted by Gasteiger charge is 2.27. The first-order valence-electron chi connectivity index (χ1n) is 6.53. The molecule has 1 aliphatic rings. The Balaban J connectivity index is 2.17. The molecule has 0 bridgehead atoms. The zero-order valence-electron chi connectivity index (χ0n) is 10.8. The van der Waals surface area contributed by atoms with Crippen LogP contribution in [0.15, 0.2) is 18.2 Å². The fraction of sp³-hybridized carbons (Fsp3) is 0.571. The maximum Gasteiger partial charge on any atom is 0.129 e. The fourth-order valence-electron chi connectivity index (χ4n) is 2.66. The second-order valence-electron chi connectivity index (χ2n) is 5.01. The first kappa shape index (κ1) is 13.3. The van der Waals surface area contributed by atoms with E-state index in [9.17, 15) is 9.50 Å². The average Bonchev–Trinajstić information content (AvgIpc) is 2.38. The van der Waals surface area contributed by atoms with Gasteiger partial charge in [-0.2, -0.15) is 0 Å². The number of nitrogens with two attached hydrogens (primary N) is 1. The highest BCUT2D eigenvalue weighted by molar-refractivity contribution is 5.48. The molecule has 1 aliphatic carbocycles. The lowest BCUT2D eigenvalue weighted by Gasteiger charge is -2.36. The predicted molar refractivity (Wildman–Crippen MR) is 71.0 cm³/mol. The molecule has 2 atom stereocenters.